The van der Waals surface area contributed by atoms with E-state index in [4.69, 9.17) is 9.47 Å². The maximum atomic E-state index is 12.9. The summed E-state index contributed by atoms with van der Waals surface area (Å²) in [5, 5.41) is 6.18. The third kappa shape index (κ3) is 11.7. The molecule has 2 aliphatic rings. The van der Waals surface area contributed by atoms with Gasteiger partial charge in [0.1, 0.15) is 23.6 Å². The highest BCUT2D eigenvalue weighted by molar-refractivity contribution is 6.00. The van der Waals surface area contributed by atoms with Crippen LogP contribution in [-0.2, 0) is 9.59 Å². The molecule has 2 N–H and O–H groups in total. The van der Waals surface area contributed by atoms with Crippen LogP contribution in [0.2, 0.25) is 0 Å². The van der Waals surface area contributed by atoms with Crippen molar-refractivity contribution < 1.29 is 28.7 Å². The molecule has 4 rings (SSSR count). The highest BCUT2D eigenvalue weighted by atomic mass is 16.5. The Kier molecular flexibility index (Phi) is 16.0. The van der Waals surface area contributed by atoms with Crippen LogP contribution in [0.25, 0.3) is 0 Å². The summed E-state index contributed by atoms with van der Waals surface area (Å²) < 4.78 is 12.0. The first-order valence-corrected chi connectivity index (χ1v) is 18.6. The summed E-state index contributed by atoms with van der Waals surface area (Å²) in [5.74, 6) is 0.991. The van der Waals surface area contributed by atoms with Gasteiger partial charge in [0.25, 0.3) is 11.8 Å². The lowest BCUT2D eigenvalue weighted by Gasteiger charge is -2.29. The van der Waals surface area contributed by atoms with Gasteiger partial charge < -0.3 is 29.9 Å². The molecule has 2 aromatic carbocycles. The zero-order valence-corrected chi connectivity index (χ0v) is 32.7. The molecule has 4 amide bonds. The molecule has 284 valence electrons. The number of carbonyl (C=O) groups excluding carboxylic acids is 4. The average molecular weight is 717 g/mol. The zero-order chi connectivity index (χ0) is 38.5. The van der Waals surface area contributed by atoms with E-state index in [-0.39, 0.29) is 47.9 Å². The van der Waals surface area contributed by atoms with Gasteiger partial charge in [0.15, 0.2) is 0 Å². The highest BCUT2D eigenvalue weighted by Crippen LogP contribution is 2.25. The minimum Gasteiger partial charge on any atom is -0.490 e. The fourth-order valence-electron chi connectivity index (χ4n) is 5.77. The van der Waals surface area contributed by atoms with Gasteiger partial charge in [0, 0.05) is 39.0 Å². The van der Waals surface area contributed by atoms with Crippen LogP contribution in [0.15, 0.2) is 72.8 Å². The van der Waals surface area contributed by atoms with Crippen molar-refractivity contribution in [2.45, 2.75) is 117 Å². The number of likely N-dealkylation sites (N-methyl/N-ethyl adjacent to an activating group) is 2. The fraction of sp³-hybridized carbons (Fsp3) is 0.524. The largest absolute Gasteiger partial charge is 0.490 e. The quantitative estimate of drug-likeness (QED) is 0.330. The number of nitrogens with zero attached hydrogens (tertiary/aromatic N) is 2. The Morgan fingerprint density at radius 1 is 0.558 bits per heavy atom. The Morgan fingerprint density at radius 2 is 0.885 bits per heavy atom. The monoisotopic (exact) mass is 716 g/mol. The molecule has 0 spiro atoms. The summed E-state index contributed by atoms with van der Waals surface area (Å²) in [4.78, 5) is 54.1. The van der Waals surface area contributed by atoms with E-state index in [9.17, 15) is 19.2 Å². The molecule has 0 saturated carbocycles. The minimum atomic E-state index is -0.568. The number of rotatable bonds is 2. The van der Waals surface area contributed by atoms with Crippen LogP contribution in [0.3, 0.4) is 0 Å². The molecule has 2 aromatic rings. The molecule has 2 heterocycles. The van der Waals surface area contributed by atoms with E-state index >= 15 is 0 Å². The second kappa shape index (κ2) is 19.9. The lowest BCUT2D eigenvalue weighted by Crippen LogP contribution is -2.50. The molecule has 0 aliphatic carbocycles. The zero-order valence-electron chi connectivity index (χ0n) is 32.7. The van der Waals surface area contributed by atoms with Gasteiger partial charge in [-0.25, -0.2) is 0 Å². The number of ether oxygens (including phenoxy) is 2. The van der Waals surface area contributed by atoms with Crippen LogP contribution in [0.5, 0.6) is 11.5 Å². The van der Waals surface area contributed by atoms with Crippen molar-refractivity contribution in [3.63, 3.8) is 0 Å². The molecule has 6 atom stereocenters. The molecule has 10 heteroatoms. The summed E-state index contributed by atoms with van der Waals surface area (Å²) in [6.07, 6.45) is 11.3. The van der Waals surface area contributed by atoms with Gasteiger partial charge in [-0.1, -0.05) is 76.3 Å². The van der Waals surface area contributed by atoms with Gasteiger partial charge in [-0.15, -0.1) is 0 Å². The van der Waals surface area contributed by atoms with E-state index in [1.54, 1.807) is 64.3 Å². The van der Waals surface area contributed by atoms with Crippen LogP contribution in [0, 0.1) is 11.8 Å². The van der Waals surface area contributed by atoms with Crippen molar-refractivity contribution in [3.8, 4) is 11.5 Å². The van der Waals surface area contributed by atoms with Gasteiger partial charge in [0.2, 0.25) is 11.8 Å². The molecule has 0 unspecified atom stereocenters. The number of hydrogen-bond acceptors (Lipinski definition) is 6. The number of fused-ring (bicyclic) bond motifs is 2. The van der Waals surface area contributed by atoms with Crippen molar-refractivity contribution in [2.24, 2.45) is 11.8 Å². The lowest BCUT2D eigenvalue weighted by atomic mass is 9.99. The second-order valence-corrected chi connectivity index (χ2v) is 14.6. The maximum absolute atomic E-state index is 12.9. The molecule has 2 aliphatic heterocycles. The van der Waals surface area contributed by atoms with E-state index in [0.29, 0.717) is 34.5 Å². The third-order valence-electron chi connectivity index (χ3n) is 9.77. The predicted octanol–water partition coefficient (Wildman–Crippen LogP) is 6.81. The number of benzene rings is 2. The Labute approximate surface area is 311 Å². The summed E-state index contributed by atoms with van der Waals surface area (Å²) in [6, 6.07) is 13.3. The molecular formula is C42H60N4O6. The Hall–Kier alpha value is -4.60. The van der Waals surface area contributed by atoms with Gasteiger partial charge in [-0.3, -0.25) is 19.2 Å². The summed E-state index contributed by atoms with van der Waals surface area (Å²) in [6.45, 7) is 15.8. The van der Waals surface area contributed by atoms with E-state index in [1.807, 2.05) is 26.0 Å². The minimum absolute atomic E-state index is 0.0381. The summed E-state index contributed by atoms with van der Waals surface area (Å²) >= 11 is 0. The predicted molar refractivity (Wildman–Crippen MR) is 206 cm³/mol. The van der Waals surface area contributed by atoms with E-state index in [1.165, 1.54) is 9.80 Å². The first-order chi connectivity index (χ1) is 24.6. The molecule has 0 aromatic heterocycles. The third-order valence-corrected chi connectivity index (χ3v) is 9.77. The standard InChI is InChI=1S/2C21H30N2O3/c2*1-14(2)18-12-8-6-10-15(3)26-19-13-9-7-11-17(19)21(25)23(5)16(4)20(24)22-18/h2*6-9,11,13-16,18H,10,12H2,1-5H3,(H,22,24)/b8-6+;8-6-/t2*15-,16+,18+/m00/s1. The van der Waals surface area contributed by atoms with E-state index in [0.717, 1.165) is 25.7 Å². The Balaban J connectivity index is 0.000000280. The number of amides is 4. The second-order valence-electron chi connectivity index (χ2n) is 14.6. The number of carbonyl (C=O) groups is 4. The molecule has 0 radical (unpaired) electrons. The normalized spacial score (nSPS) is 26.5. The molecule has 0 bridgehead atoms. The number of nitrogens with one attached hydrogen (secondary N) is 2. The molecule has 10 nitrogen and oxygen atoms in total. The van der Waals surface area contributed by atoms with Gasteiger partial charge in [-0.2, -0.15) is 0 Å². The molecular weight excluding hydrogens is 656 g/mol. The smallest absolute Gasteiger partial charge is 0.258 e. The molecule has 0 fully saturated rings. The average Bonchev–Trinajstić information content (AvgIpc) is 3.11. The van der Waals surface area contributed by atoms with Crippen molar-refractivity contribution in [2.75, 3.05) is 14.1 Å². The fourth-order valence-corrected chi connectivity index (χ4v) is 5.77. The molecule has 0 saturated heterocycles. The van der Waals surface area contributed by atoms with Crippen LogP contribution in [0.1, 0.15) is 102 Å². The topological polar surface area (TPSA) is 117 Å². The summed E-state index contributed by atoms with van der Waals surface area (Å²) in [5.41, 5.74) is 0.950. The van der Waals surface area contributed by atoms with Gasteiger partial charge in [-0.05, 0) is 76.6 Å². The Bertz CT molecular complexity index is 1450. The number of para-hydroxylation sites is 2. The van der Waals surface area contributed by atoms with E-state index in [2.05, 4.69) is 62.6 Å². The van der Waals surface area contributed by atoms with Crippen LogP contribution in [0.4, 0.5) is 0 Å². The number of hydrogen-bond donors (Lipinski definition) is 2. The Morgan fingerprint density at radius 3 is 1.23 bits per heavy atom. The van der Waals surface area contributed by atoms with Crippen LogP contribution < -0.4 is 20.1 Å². The molecule has 52 heavy (non-hydrogen) atoms. The van der Waals surface area contributed by atoms with Crippen molar-refractivity contribution >= 4 is 23.6 Å². The first kappa shape index (κ1) is 41.8. The van der Waals surface area contributed by atoms with Crippen LogP contribution in [-0.4, -0.2) is 83.9 Å². The van der Waals surface area contributed by atoms with Gasteiger partial charge in [0.05, 0.1) is 23.3 Å². The van der Waals surface area contributed by atoms with Crippen molar-refractivity contribution in [1.82, 2.24) is 20.4 Å². The highest BCUT2D eigenvalue weighted by Gasteiger charge is 2.29. The van der Waals surface area contributed by atoms with E-state index < -0.39 is 12.1 Å². The SMILES string of the molecule is CC(C)[C@H]1C/C=C/C[C@H](C)Oc2ccccc2C(=O)N(C)[C@H](C)C(=O)N1.CC(C)[C@H]1C/C=C\C[C@H](C)Oc2ccccc2C(=O)N(C)[C@H](C)C(=O)N1. The first-order valence-electron chi connectivity index (χ1n) is 18.6. The van der Waals surface area contributed by atoms with Gasteiger partial charge >= 0.3 is 0 Å². The van der Waals surface area contributed by atoms with Crippen LogP contribution >= 0.6 is 0 Å². The maximum Gasteiger partial charge on any atom is 0.258 e. The van der Waals surface area contributed by atoms with Crippen molar-refractivity contribution in [1.29, 1.82) is 0 Å². The summed E-state index contributed by atoms with van der Waals surface area (Å²) in [7, 11) is 3.31. The van der Waals surface area contributed by atoms with Crippen molar-refractivity contribution in [3.05, 3.63) is 84.0 Å². The lowest BCUT2D eigenvalue weighted by molar-refractivity contribution is -0.126.